The van der Waals surface area contributed by atoms with E-state index in [0.29, 0.717) is 5.82 Å². The lowest BCUT2D eigenvalue weighted by Gasteiger charge is -2.25. The van der Waals surface area contributed by atoms with Gasteiger partial charge in [0.05, 0.1) is 5.69 Å². The fourth-order valence-electron chi connectivity index (χ4n) is 2.22. The first-order valence-electron chi connectivity index (χ1n) is 6.62. The Labute approximate surface area is 121 Å². The second-order valence-corrected chi connectivity index (χ2v) is 5.94. The van der Waals surface area contributed by atoms with Crippen LogP contribution in [0.25, 0.3) is 11.4 Å². The van der Waals surface area contributed by atoms with Crippen LogP contribution in [0.3, 0.4) is 0 Å². The minimum absolute atomic E-state index is 0.111. The van der Waals surface area contributed by atoms with Crippen LogP contribution < -0.4 is 5.56 Å². The fourth-order valence-corrected chi connectivity index (χ4v) is 3.20. The number of nitrogens with one attached hydrogen (secondary N) is 1. The number of hydrogen-bond donors (Lipinski definition) is 1. The van der Waals surface area contributed by atoms with Crippen molar-refractivity contribution in [2.75, 3.05) is 24.6 Å². The third kappa shape index (κ3) is 3.26. The summed E-state index contributed by atoms with van der Waals surface area (Å²) in [5, 5.41) is 0. The fraction of sp³-hybridized carbons (Fsp3) is 0.357. The lowest BCUT2D eigenvalue weighted by molar-refractivity contribution is 0.291. The van der Waals surface area contributed by atoms with Crippen molar-refractivity contribution in [3.63, 3.8) is 0 Å². The maximum atomic E-state index is 11.8. The van der Waals surface area contributed by atoms with Gasteiger partial charge in [-0.05, 0) is 12.1 Å². The van der Waals surface area contributed by atoms with Crippen LogP contribution >= 0.6 is 11.8 Å². The van der Waals surface area contributed by atoms with Crippen LogP contribution in [0.1, 0.15) is 5.69 Å². The van der Waals surface area contributed by atoms with E-state index in [9.17, 15) is 4.79 Å². The summed E-state index contributed by atoms with van der Waals surface area (Å²) in [4.78, 5) is 25.5. The van der Waals surface area contributed by atoms with Crippen molar-refractivity contribution in [1.29, 1.82) is 0 Å². The molecule has 5 nitrogen and oxygen atoms in total. The summed E-state index contributed by atoms with van der Waals surface area (Å²) < 4.78 is 0. The maximum absolute atomic E-state index is 11.8. The molecule has 3 heterocycles. The topological polar surface area (TPSA) is 61.9 Å². The molecule has 104 valence electrons. The Morgan fingerprint density at radius 1 is 1.35 bits per heavy atom. The van der Waals surface area contributed by atoms with Gasteiger partial charge < -0.3 is 4.98 Å². The molecule has 0 spiro atoms. The van der Waals surface area contributed by atoms with Crippen LogP contribution in [0.2, 0.25) is 0 Å². The van der Waals surface area contributed by atoms with E-state index in [1.807, 2.05) is 23.9 Å². The Hall–Kier alpha value is -1.66. The third-order valence-corrected chi connectivity index (χ3v) is 4.16. The van der Waals surface area contributed by atoms with Gasteiger partial charge in [-0.15, -0.1) is 0 Å². The molecule has 0 radical (unpaired) electrons. The number of hydrogen-bond acceptors (Lipinski definition) is 5. The molecule has 0 atom stereocenters. The number of thioether (sulfide) groups is 1. The Balaban J connectivity index is 1.85. The largest absolute Gasteiger partial charge is 0.306 e. The second-order valence-electron chi connectivity index (χ2n) is 4.72. The Kier molecular flexibility index (Phi) is 4.13. The molecule has 20 heavy (non-hydrogen) atoms. The number of H-pyrrole nitrogens is 1. The average Bonchev–Trinajstić information content (AvgIpc) is 2.49. The Morgan fingerprint density at radius 3 is 2.95 bits per heavy atom. The number of aromatic amines is 1. The van der Waals surface area contributed by atoms with E-state index in [1.165, 1.54) is 0 Å². The van der Waals surface area contributed by atoms with E-state index in [1.54, 1.807) is 18.5 Å². The van der Waals surface area contributed by atoms with Crippen LogP contribution in [-0.4, -0.2) is 44.4 Å². The van der Waals surface area contributed by atoms with Crippen LogP contribution in [0.4, 0.5) is 0 Å². The second kappa shape index (κ2) is 6.19. The van der Waals surface area contributed by atoms with Gasteiger partial charge in [0.1, 0.15) is 5.82 Å². The first-order valence-corrected chi connectivity index (χ1v) is 7.77. The molecule has 2 aromatic rings. The molecule has 6 heteroatoms. The SMILES string of the molecule is O=c1cc(CN2CCSCC2)nc(-c2cccnc2)[nH]1. The quantitative estimate of drug-likeness (QED) is 0.924. The molecule has 1 saturated heterocycles. The van der Waals surface area contributed by atoms with Gasteiger partial charge in [0, 0.05) is 55.2 Å². The van der Waals surface area contributed by atoms with Crippen LogP contribution in [0.5, 0.6) is 0 Å². The van der Waals surface area contributed by atoms with E-state index >= 15 is 0 Å². The highest BCUT2D eigenvalue weighted by Gasteiger charge is 2.12. The van der Waals surface area contributed by atoms with E-state index in [-0.39, 0.29) is 5.56 Å². The maximum Gasteiger partial charge on any atom is 0.251 e. The lowest BCUT2D eigenvalue weighted by atomic mass is 10.2. The van der Waals surface area contributed by atoms with Gasteiger partial charge in [-0.3, -0.25) is 14.7 Å². The monoisotopic (exact) mass is 288 g/mol. The molecule has 2 aromatic heterocycles. The Morgan fingerprint density at radius 2 is 2.20 bits per heavy atom. The zero-order valence-corrected chi connectivity index (χ0v) is 11.9. The molecule has 3 rings (SSSR count). The van der Waals surface area contributed by atoms with Gasteiger partial charge >= 0.3 is 0 Å². The highest BCUT2D eigenvalue weighted by atomic mass is 32.2. The molecular weight excluding hydrogens is 272 g/mol. The molecule has 0 aliphatic carbocycles. The van der Waals surface area contributed by atoms with Gasteiger partial charge in [-0.2, -0.15) is 11.8 Å². The van der Waals surface area contributed by atoms with Gasteiger partial charge in [0.25, 0.3) is 5.56 Å². The Bertz CT molecular complexity index is 623. The standard InChI is InChI=1S/C14H16N4OS/c19-13-8-12(10-18-4-6-20-7-5-18)16-14(17-13)11-2-1-3-15-9-11/h1-3,8-9H,4-7,10H2,(H,16,17,19). The van der Waals surface area contributed by atoms with Crippen molar-refractivity contribution in [3.05, 3.63) is 46.6 Å². The lowest BCUT2D eigenvalue weighted by Crippen LogP contribution is -2.32. The number of aromatic nitrogens is 3. The average molecular weight is 288 g/mol. The van der Waals surface area contributed by atoms with Gasteiger partial charge in [-0.25, -0.2) is 4.98 Å². The first-order chi connectivity index (χ1) is 9.81. The molecule has 0 unspecified atom stereocenters. The zero-order valence-electron chi connectivity index (χ0n) is 11.1. The summed E-state index contributed by atoms with van der Waals surface area (Å²) >= 11 is 1.97. The summed E-state index contributed by atoms with van der Waals surface area (Å²) in [5.41, 5.74) is 1.54. The summed E-state index contributed by atoms with van der Waals surface area (Å²) in [6.07, 6.45) is 3.41. The highest BCUT2D eigenvalue weighted by molar-refractivity contribution is 7.99. The van der Waals surface area contributed by atoms with Crippen LogP contribution in [0.15, 0.2) is 35.4 Å². The van der Waals surface area contributed by atoms with Crippen molar-refractivity contribution in [2.45, 2.75) is 6.54 Å². The van der Waals surface area contributed by atoms with E-state index in [2.05, 4.69) is 19.9 Å². The molecule has 1 fully saturated rings. The van der Waals surface area contributed by atoms with Gasteiger partial charge in [0.15, 0.2) is 0 Å². The van der Waals surface area contributed by atoms with Crippen molar-refractivity contribution >= 4 is 11.8 Å². The summed E-state index contributed by atoms with van der Waals surface area (Å²) in [6, 6.07) is 5.32. The smallest absolute Gasteiger partial charge is 0.251 e. The molecule has 0 amide bonds. The predicted molar refractivity (Wildman–Crippen MR) is 80.7 cm³/mol. The molecule has 0 bridgehead atoms. The minimum Gasteiger partial charge on any atom is -0.306 e. The van der Waals surface area contributed by atoms with Crippen molar-refractivity contribution in [2.24, 2.45) is 0 Å². The van der Waals surface area contributed by atoms with Crippen molar-refractivity contribution in [1.82, 2.24) is 19.9 Å². The van der Waals surface area contributed by atoms with E-state index in [4.69, 9.17) is 0 Å². The zero-order chi connectivity index (χ0) is 13.8. The van der Waals surface area contributed by atoms with E-state index in [0.717, 1.165) is 42.4 Å². The van der Waals surface area contributed by atoms with Crippen LogP contribution in [-0.2, 0) is 6.54 Å². The third-order valence-electron chi connectivity index (χ3n) is 3.22. The van der Waals surface area contributed by atoms with Crippen LogP contribution in [0, 0.1) is 0 Å². The minimum atomic E-state index is -0.111. The molecule has 0 aromatic carbocycles. The molecule has 1 N–H and O–H groups in total. The summed E-state index contributed by atoms with van der Waals surface area (Å²) in [5.74, 6) is 2.89. The van der Waals surface area contributed by atoms with E-state index < -0.39 is 0 Å². The molecule has 0 saturated carbocycles. The van der Waals surface area contributed by atoms with Gasteiger partial charge in [0.2, 0.25) is 0 Å². The predicted octanol–water partition coefficient (Wildman–Crippen LogP) is 1.38. The molecule has 1 aliphatic heterocycles. The number of pyridine rings is 1. The number of nitrogens with zero attached hydrogens (tertiary/aromatic N) is 3. The normalized spacial score (nSPS) is 16.2. The summed E-state index contributed by atoms with van der Waals surface area (Å²) in [7, 11) is 0. The summed E-state index contributed by atoms with van der Waals surface area (Å²) in [6.45, 7) is 2.85. The first kappa shape index (κ1) is 13.3. The molecule has 1 aliphatic rings. The number of rotatable bonds is 3. The molecular formula is C14H16N4OS. The highest BCUT2D eigenvalue weighted by Crippen LogP contribution is 2.14. The van der Waals surface area contributed by atoms with Crippen molar-refractivity contribution in [3.8, 4) is 11.4 Å². The van der Waals surface area contributed by atoms with Gasteiger partial charge in [-0.1, -0.05) is 0 Å². The van der Waals surface area contributed by atoms with Crippen molar-refractivity contribution < 1.29 is 0 Å².